The lowest BCUT2D eigenvalue weighted by atomic mass is 10.1. The van der Waals surface area contributed by atoms with E-state index in [1.807, 2.05) is 0 Å². The molecule has 0 radical (unpaired) electrons. The van der Waals surface area contributed by atoms with Crippen LogP contribution in [0.1, 0.15) is 27.4 Å². The van der Waals surface area contributed by atoms with Gasteiger partial charge in [0.1, 0.15) is 5.76 Å². The molecule has 0 spiro atoms. The van der Waals surface area contributed by atoms with Crippen molar-refractivity contribution in [3.8, 4) is 0 Å². The van der Waals surface area contributed by atoms with E-state index in [4.69, 9.17) is 16.0 Å². The maximum Gasteiger partial charge on any atom is 0.416 e. The van der Waals surface area contributed by atoms with Crippen LogP contribution in [0.5, 0.6) is 0 Å². The summed E-state index contributed by atoms with van der Waals surface area (Å²) in [7, 11) is 1.42. The SMILES string of the molecule is CN(Cc1ccccc1C(F)(F)F)C(=O)c1ccc(CCl)o1. The highest BCUT2D eigenvalue weighted by molar-refractivity contribution is 6.16. The summed E-state index contributed by atoms with van der Waals surface area (Å²) in [6.45, 7) is -0.175. The van der Waals surface area contributed by atoms with Gasteiger partial charge in [-0.1, -0.05) is 18.2 Å². The highest BCUT2D eigenvalue weighted by Crippen LogP contribution is 2.32. The van der Waals surface area contributed by atoms with Gasteiger partial charge in [-0.05, 0) is 23.8 Å². The number of halogens is 4. The van der Waals surface area contributed by atoms with Gasteiger partial charge in [0.15, 0.2) is 5.76 Å². The smallest absolute Gasteiger partial charge is 0.416 e. The minimum atomic E-state index is -4.46. The lowest BCUT2D eigenvalue weighted by Crippen LogP contribution is -2.27. The zero-order valence-electron chi connectivity index (χ0n) is 11.7. The fourth-order valence-electron chi connectivity index (χ4n) is 2.01. The van der Waals surface area contributed by atoms with Crippen LogP contribution in [-0.4, -0.2) is 17.9 Å². The molecule has 0 aliphatic heterocycles. The highest BCUT2D eigenvalue weighted by Gasteiger charge is 2.33. The summed E-state index contributed by atoms with van der Waals surface area (Å²) in [5, 5.41) is 0. The Morgan fingerprint density at radius 3 is 2.50 bits per heavy atom. The summed E-state index contributed by atoms with van der Waals surface area (Å²) in [5.41, 5.74) is -0.731. The van der Waals surface area contributed by atoms with Crippen LogP contribution in [0.2, 0.25) is 0 Å². The second kappa shape index (κ2) is 6.44. The molecule has 0 bridgehead atoms. The lowest BCUT2D eigenvalue weighted by Gasteiger charge is -2.19. The van der Waals surface area contributed by atoms with Crippen LogP contribution in [0.3, 0.4) is 0 Å². The Kier molecular flexibility index (Phi) is 4.81. The average molecular weight is 332 g/mol. The molecule has 118 valence electrons. The van der Waals surface area contributed by atoms with Crippen LogP contribution in [0.15, 0.2) is 40.8 Å². The van der Waals surface area contributed by atoms with Crippen molar-refractivity contribution in [2.24, 2.45) is 0 Å². The maximum atomic E-state index is 12.9. The molecule has 7 heteroatoms. The van der Waals surface area contributed by atoms with Crippen LogP contribution in [0.25, 0.3) is 0 Å². The minimum Gasteiger partial charge on any atom is -0.455 e. The quantitative estimate of drug-likeness (QED) is 0.782. The van der Waals surface area contributed by atoms with Crippen molar-refractivity contribution in [1.29, 1.82) is 0 Å². The number of alkyl halides is 4. The Bertz CT molecular complexity index is 667. The number of amides is 1. The molecule has 2 aromatic rings. The van der Waals surface area contributed by atoms with Crippen LogP contribution < -0.4 is 0 Å². The van der Waals surface area contributed by atoms with Crippen LogP contribution in [0.4, 0.5) is 13.2 Å². The van der Waals surface area contributed by atoms with Crippen molar-refractivity contribution >= 4 is 17.5 Å². The number of carbonyl (C=O) groups is 1. The van der Waals surface area contributed by atoms with Gasteiger partial charge in [0.25, 0.3) is 5.91 Å². The lowest BCUT2D eigenvalue weighted by molar-refractivity contribution is -0.138. The summed E-state index contributed by atoms with van der Waals surface area (Å²) in [6.07, 6.45) is -4.46. The molecule has 2 rings (SSSR count). The molecule has 0 saturated carbocycles. The first-order valence-electron chi connectivity index (χ1n) is 6.38. The van der Waals surface area contributed by atoms with Gasteiger partial charge in [0.05, 0.1) is 11.4 Å². The van der Waals surface area contributed by atoms with Crippen molar-refractivity contribution in [3.63, 3.8) is 0 Å². The number of hydrogen-bond donors (Lipinski definition) is 0. The molecule has 1 aromatic heterocycles. The van der Waals surface area contributed by atoms with Crippen LogP contribution >= 0.6 is 11.6 Å². The molecule has 0 N–H and O–H groups in total. The summed E-state index contributed by atoms with van der Waals surface area (Å²) >= 11 is 5.58. The molecular formula is C15H13ClF3NO2. The molecule has 1 heterocycles. The summed E-state index contributed by atoms with van der Waals surface area (Å²) in [4.78, 5) is 13.3. The van der Waals surface area contributed by atoms with Crippen molar-refractivity contribution in [2.45, 2.75) is 18.6 Å². The second-order valence-corrected chi connectivity index (χ2v) is 4.98. The van der Waals surface area contributed by atoms with Crippen molar-refractivity contribution in [1.82, 2.24) is 4.90 Å². The fourth-order valence-corrected chi connectivity index (χ4v) is 2.16. The molecule has 0 unspecified atom stereocenters. The first kappa shape index (κ1) is 16.4. The number of hydrogen-bond acceptors (Lipinski definition) is 2. The van der Waals surface area contributed by atoms with E-state index in [2.05, 4.69) is 0 Å². The Balaban J connectivity index is 2.18. The van der Waals surface area contributed by atoms with E-state index in [1.54, 1.807) is 6.07 Å². The largest absolute Gasteiger partial charge is 0.455 e. The number of nitrogens with zero attached hydrogens (tertiary/aromatic N) is 1. The van der Waals surface area contributed by atoms with E-state index >= 15 is 0 Å². The third kappa shape index (κ3) is 3.62. The van der Waals surface area contributed by atoms with Crippen LogP contribution in [0, 0.1) is 0 Å². The topological polar surface area (TPSA) is 33.5 Å². The normalized spacial score (nSPS) is 11.5. The van der Waals surface area contributed by atoms with Gasteiger partial charge in [-0.15, -0.1) is 11.6 Å². The van der Waals surface area contributed by atoms with Gasteiger partial charge < -0.3 is 9.32 Å². The Hall–Kier alpha value is -1.95. The third-order valence-corrected chi connectivity index (χ3v) is 3.34. The number of carbonyl (C=O) groups excluding carboxylic acids is 1. The minimum absolute atomic E-state index is 0.0231. The average Bonchev–Trinajstić information content (AvgIpc) is 2.94. The monoisotopic (exact) mass is 331 g/mol. The molecular weight excluding hydrogens is 319 g/mol. The van der Waals surface area contributed by atoms with Gasteiger partial charge in [-0.25, -0.2) is 0 Å². The van der Waals surface area contributed by atoms with E-state index < -0.39 is 17.6 Å². The van der Waals surface area contributed by atoms with Crippen molar-refractivity contribution in [3.05, 3.63) is 59.0 Å². The molecule has 0 fully saturated rings. The number of benzene rings is 1. The first-order chi connectivity index (χ1) is 10.3. The van der Waals surface area contributed by atoms with Crippen LogP contribution in [-0.2, 0) is 18.6 Å². The first-order valence-corrected chi connectivity index (χ1v) is 6.91. The van der Waals surface area contributed by atoms with E-state index in [0.29, 0.717) is 5.76 Å². The molecule has 3 nitrogen and oxygen atoms in total. The van der Waals surface area contributed by atoms with E-state index in [-0.39, 0.29) is 23.7 Å². The number of furan rings is 1. The van der Waals surface area contributed by atoms with Gasteiger partial charge in [-0.3, -0.25) is 4.79 Å². The van der Waals surface area contributed by atoms with E-state index in [9.17, 15) is 18.0 Å². The summed E-state index contributed by atoms with van der Waals surface area (Å²) in [5.74, 6) is 0.0820. The predicted molar refractivity (Wildman–Crippen MR) is 75.5 cm³/mol. The van der Waals surface area contributed by atoms with E-state index in [0.717, 1.165) is 6.07 Å². The summed E-state index contributed by atoms with van der Waals surface area (Å²) in [6, 6.07) is 8.16. The van der Waals surface area contributed by atoms with Crippen molar-refractivity contribution < 1.29 is 22.4 Å². The molecule has 1 aromatic carbocycles. The Labute approximate surface area is 130 Å². The zero-order chi connectivity index (χ0) is 16.3. The van der Waals surface area contributed by atoms with Gasteiger partial charge in [-0.2, -0.15) is 13.2 Å². The highest BCUT2D eigenvalue weighted by atomic mass is 35.5. The van der Waals surface area contributed by atoms with Crippen molar-refractivity contribution in [2.75, 3.05) is 7.05 Å². The standard InChI is InChI=1S/C15H13ClF3NO2/c1-20(14(21)13-7-6-11(8-16)22-13)9-10-4-2-3-5-12(10)15(17,18)19/h2-7H,8-9H2,1H3. The number of rotatable bonds is 4. The molecule has 0 atom stereocenters. The fraction of sp³-hybridized carbons (Fsp3) is 0.267. The Morgan fingerprint density at radius 1 is 1.23 bits per heavy atom. The summed E-state index contributed by atoms with van der Waals surface area (Å²) < 4.78 is 44.0. The predicted octanol–water partition coefficient (Wildman–Crippen LogP) is 4.31. The van der Waals surface area contributed by atoms with Gasteiger partial charge >= 0.3 is 6.18 Å². The van der Waals surface area contributed by atoms with E-state index in [1.165, 1.54) is 36.2 Å². The maximum absolute atomic E-state index is 12.9. The van der Waals surface area contributed by atoms with Gasteiger partial charge in [0.2, 0.25) is 0 Å². The Morgan fingerprint density at radius 2 is 1.91 bits per heavy atom. The zero-order valence-corrected chi connectivity index (χ0v) is 12.4. The molecule has 0 saturated heterocycles. The molecule has 0 aliphatic carbocycles. The molecule has 1 amide bonds. The molecule has 22 heavy (non-hydrogen) atoms. The third-order valence-electron chi connectivity index (χ3n) is 3.08. The van der Waals surface area contributed by atoms with Gasteiger partial charge in [0, 0.05) is 13.6 Å². The molecule has 0 aliphatic rings. The second-order valence-electron chi connectivity index (χ2n) is 4.72.